The summed E-state index contributed by atoms with van der Waals surface area (Å²) in [4.78, 5) is 12.2. The van der Waals surface area contributed by atoms with Crippen LogP contribution < -0.4 is 10.6 Å². The van der Waals surface area contributed by atoms with E-state index < -0.39 is 9.84 Å². The first-order valence-electron chi connectivity index (χ1n) is 7.89. The third-order valence-electron chi connectivity index (χ3n) is 4.45. The molecule has 0 saturated carbocycles. The van der Waals surface area contributed by atoms with Crippen LogP contribution in [-0.2, 0) is 27.5 Å². The van der Waals surface area contributed by atoms with Gasteiger partial charge in [-0.15, -0.1) is 0 Å². The normalized spacial score (nSPS) is 20.8. The molecule has 3 rings (SSSR count). The lowest BCUT2D eigenvalue weighted by molar-refractivity contribution is -0.121. The first kappa shape index (κ1) is 15.5. The van der Waals surface area contributed by atoms with Crippen molar-refractivity contribution in [3.63, 3.8) is 0 Å². The predicted molar refractivity (Wildman–Crippen MR) is 84.6 cm³/mol. The molecule has 6 heteroatoms. The van der Waals surface area contributed by atoms with E-state index >= 15 is 0 Å². The molecule has 0 spiro atoms. The zero-order valence-electron chi connectivity index (χ0n) is 12.6. The van der Waals surface area contributed by atoms with Gasteiger partial charge >= 0.3 is 0 Å². The number of aryl methyl sites for hydroxylation is 2. The number of rotatable bonds is 5. The van der Waals surface area contributed by atoms with E-state index in [9.17, 15) is 13.2 Å². The van der Waals surface area contributed by atoms with Gasteiger partial charge in [-0.3, -0.25) is 4.79 Å². The number of hydrogen-bond donors (Lipinski definition) is 2. The fourth-order valence-electron chi connectivity index (χ4n) is 3.16. The highest BCUT2D eigenvalue weighted by Gasteiger charge is 2.21. The van der Waals surface area contributed by atoms with Crippen molar-refractivity contribution in [2.75, 3.05) is 18.8 Å². The Balaban J connectivity index is 1.59. The molecule has 0 radical (unpaired) electrons. The topological polar surface area (TPSA) is 75.3 Å². The number of fused-ring (bicyclic) bond motifs is 1. The second-order valence-corrected chi connectivity index (χ2v) is 8.22. The van der Waals surface area contributed by atoms with E-state index in [1.807, 2.05) is 6.07 Å². The molecule has 1 aromatic rings. The summed E-state index contributed by atoms with van der Waals surface area (Å²) in [6.45, 7) is 1.67. The molecule has 1 atom stereocenters. The molecule has 1 aliphatic carbocycles. The van der Waals surface area contributed by atoms with E-state index in [0.717, 1.165) is 44.3 Å². The molecule has 5 nitrogen and oxygen atoms in total. The summed E-state index contributed by atoms with van der Waals surface area (Å²) < 4.78 is 24.8. The smallest absolute Gasteiger partial charge is 0.221 e. The Kier molecular flexibility index (Phi) is 4.49. The number of hydrogen-bond acceptors (Lipinski definition) is 4. The number of amides is 1. The van der Waals surface area contributed by atoms with Crippen LogP contribution in [0.4, 0.5) is 0 Å². The maximum atomic E-state index is 12.4. The van der Waals surface area contributed by atoms with Crippen LogP contribution in [0.1, 0.15) is 30.4 Å². The summed E-state index contributed by atoms with van der Waals surface area (Å²) in [5.41, 5.74) is 2.40. The molecular weight excluding hydrogens is 300 g/mol. The maximum Gasteiger partial charge on any atom is 0.221 e. The number of carbonyl (C=O) groups is 1. The van der Waals surface area contributed by atoms with Crippen LogP contribution in [-0.4, -0.2) is 39.2 Å². The molecule has 2 aliphatic rings. The average molecular weight is 322 g/mol. The van der Waals surface area contributed by atoms with Crippen molar-refractivity contribution in [2.45, 2.75) is 43.0 Å². The third kappa shape index (κ3) is 3.50. The van der Waals surface area contributed by atoms with E-state index in [-0.39, 0.29) is 24.1 Å². The van der Waals surface area contributed by atoms with Crippen molar-refractivity contribution >= 4 is 15.7 Å². The second kappa shape index (κ2) is 6.38. The SMILES string of the molecule is O=C(CCS(=O)(=O)c1ccc2c(c1)CCC2)NC1CCNC1. The number of nitrogens with one attached hydrogen (secondary N) is 2. The van der Waals surface area contributed by atoms with Crippen LogP contribution in [0.2, 0.25) is 0 Å². The van der Waals surface area contributed by atoms with Crippen LogP contribution in [0.25, 0.3) is 0 Å². The van der Waals surface area contributed by atoms with Gasteiger partial charge in [-0.25, -0.2) is 8.42 Å². The van der Waals surface area contributed by atoms with Crippen molar-refractivity contribution in [3.05, 3.63) is 29.3 Å². The van der Waals surface area contributed by atoms with E-state index in [4.69, 9.17) is 0 Å². The Morgan fingerprint density at radius 3 is 2.86 bits per heavy atom. The Labute approximate surface area is 131 Å². The van der Waals surface area contributed by atoms with Gasteiger partial charge in [0.1, 0.15) is 0 Å². The highest BCUT2D eigenvalue weighted by molar-refractivity contribution is 7.91. The molecule has 120 valence electrons. The van der Waals surface area contributed by atoms with Crippen molar-refractivity contribution in [1.82, 2.24) is 10.6 Å². The van der Waals surface area contributed by atoms with Gasteiger partial charge in [0.05, 0.1) is 10.6 Å². The zero-order valence-corrected chi connectivity index (χ0v) is 13.4. The number of sulfone groups is 1. The Bertz CT molecular complexity index is 664. The van der Waals surface area contributed by atoms with Crippen LogP contribution in [0.15, 0.2) is 23.1 Å². The van der Waals surface area contributed by atoms with Gasteiger partial charge in [-0.2, -0.15) is 0 Å². The Hall–Kier alpha value is -1.40. The lowest BCUT2D eigenvalue weighted by Crippen LogP contribution is -2.36. The van der Waals surface area contributed by atoms with Crippen LogP contribution in [0, 0.1) is 0 Å². The quantitative estimate of drug-likeness (QED) is 0.841. The number of carbonyl (C=O) groups excluding carboxylic acids is 1. The first-order chi connectivity index (χ1) is 10.5. The molecule has 1 aromatic carbocycles. The number of benzene rings is 1. The van der Waals surface area contributed by atoms with E-state index in [1.165, 1.54) is 5.56 Å². The van der Waals surface area contributed by atoms with Crippen molar-refractivity contribution in [1.29, 1.82) is 0 Å². The third-order valence-corrected chi connectivity index (χ3v) is 6.17. The van der Waals surface area contributed by atoms with Gasteiger partial charge in [0.25, 0.3) is 0 Å². The molecule has 1 fully saturated rings. The monoisotopic (exact) mass is 322 g/mol. The van der Waals surface area contributed by atoms with Gasteiger partial charge < -0.3 is 10.6 Å². The molecule has 0 bridgehead atoms. The fourth-order valence-corrected chi connectivity index (χ4v) is 4.45. The summed E-state index contributed by atoms with van der Waals surface area (Å²) in [6.07, 6.45) is 4.01. The lowest BCUT2D eigenvalue weighted by atomic mass is 10.1. The minimum absolute atomic E-state index is 0.0237. The molecule has 1 heterocycles. The van der Waals surface area contributed by atoms with Crippen molar-refractivity contribution in [2.24, 2.45) is 0 Å². The van der Waals surface area contributed by atoms with Crippen LogP contribution >= 0.6 is 0 Å². The van der Waals surface area contributed by atoms with E-state index in [2.05, 4.69) is 10.6 Å². The molecule has 0 aromatic heterocycles. The maximum absolute atomic E-state index is 12.4. The minimum atomic E-state index is -3.39. The zero-order chi connectivity index (χ0) is 15.6. The van der Waals surface area contributed by atoms with Crippen molar-refractivity contribution < 1.29 is 13.2 Å². The first-order valence-corrected chi connectivity index (χ1v) is 9.54. The van der Waals surface area contributed by atoms with Gasteiger partial charge in [0.2, 0.25) is 5.91 Å². The van der Waals surface area contributed by atoms with Gasteiger partial charge in [0.15, 0.2) is 9.84 Å². The van der Waals surface area contributed by atoms with Crippen molar-refractivity contribution in [3.8, 4) is 0 Å². The minimum Gasteiger partial charge on any atom is -0.352 e. The largest absolute Gasteiger partial charge is 0.352 e. The predicted octanol–water partition coefficient (Wildman–Crippen LogP) is 0.817. The molecule has 1 unspecified atom stereocenters. The molecular formula is C16H22N2O3S. The Morgan fingerprint density at radius 1 is 1.27 bits per heavy atom. The summed E-state index contributed by atoms with van der Waals surface area (Å²) in [5.74, 6) is -0.309. The Morgan fingerprint density at radius 2 is 2.09 bits per heavy atom. The van der Waals surface area contributed by atoms with Gasteiger partial charge in [0, 0.05) is 19.0 Å². The van der Waals surface area contributed by atoms with Gasteiger partial charge in [-0.05, 0) is 55.5 Å². The molecule has 2 N–H and O–H groups in total. The highest BCUT2D eigenvalue weighted by Crippen LogP contribution is 2.25. The van der Waals surface area contributed by atoms with Crippen LogP contribution in [0.5, 0.6) is 0 Å². The van der Waals surface area contributed by atoms with Gasteiger partial charge in [-0.1, -0.05) is 6.07 Å². The molecule has 22 heavy (non-hydrogen) atoms. The van der Waals surface area contributed by atoms with E-state index in [1.54, 1.807) is 12.1 Å². The highest BCUT2D eigenvalue weighted by atomic mass is 32.2. The molecule has 1 saturated heterocycles. The summed E-state index contributed by atoms with van der Waals surface area (Å²) in [7, 11) is -3.39. The summed E-state index contributed by atoms with van der Waals surface area (Å²) in [5, 5.41) is 6.05. The summed E-state index contributed by atoms with van der Waals surface area (Å²) in [6, 6.07) is 5.52. The standard InChI is InChI=1S/C16H22N2O3S/c19-16(18-14-6-8-17-11-14)7-9-22(20,21)15-5-4-12-2-1-3-13(12)10-15/h4-5,10,14,17H,1-3,6-9,11H2,(H,18,19). The molecule has 1 amide bonds. The second-order valence-electron chi connectivity index (χ2n) is 6.11. The molecule has 1 aliphatic heterocycles. The van der Waals surface area contributed by atoms with E-state index in [0.29, 0.717) is 4.90 Å². The fraction of sp³-hybridized carbons (Fsp3) is 0.562. The lowest BCUT2D eigenvalue weighted by Gasteiger charge is -2.11. The van der Waals surface area contributed by atoms with Crippen LogP contribution in [0.3, 0.4) is 0 Å². The summed E-state index contributed by atoms with van der Waals surface area (Å²) >= 11 is 0. The average Bonchev–Trinajstić information content (AvgIpc) is 3.15.